The van der Waals surface area contributed by atoms with Gasteiger partial charge in [-0.1, -0.05) is 45.4 Å². The van der Waals surface area contributed by atoms with Gasteiger partial charge in [0.25, 0.3) is 0 Å². The molecule has 0 heterocycles. The second-order valence-electron chi connectivity index (χ2n) is 4.12. The maximum absolute atomic E-state index is 5.61. The molecule has 0 atom stereocenters. The SMILES string of the molecule is CCCCCCCCCN=C(N)NC(N)=NC. The predicted octanol–water partition coefficient (Wildman–Crippen LogP) is 1.59. The molecule has 0 saturated carbocycles. The van der Waals surface area contributed by atoms with E-state index in [1.807, 2.05) is 0 Å². The number of nitrogens with zero attached hydrogens (tertiary/aromatic N) is 2. The molecule has 0 spiro atoms. The second kappa shape index (κ2) is 11.2. The zero-order chi connectivity index (χ0) is 12.9. The molecule has 0 aromatic heterocycles. The molecule has 0 aromatic rings. The van der Waals surface area contributed by atoms with Crippen molar-refractivity contribution < 1.29 is 0 Å². The Kier molecular flexibility index (Phi) is 10.4. The summed E-state index contributed by atoms with van der Waals surface area (Å²) in [6.07, 6.45) is 8.93. The third-order valence-corrected chi connectivity index (χ3v) is 2.54. The van der Waals surface area contributed by atoms with Crippen LogP contribution in [0.15, 0.2) is 9.98 Å². The van der Waals surface area contributed by atoms with E-state index < -0.39 is 0 Å². The summed E-state index contributed by atoms with van der Waals surface area (Å²) >= 11 is 0. The van der Waals surface area contributed by atoms with E-state index in [-0.39, 0.29) is 0 Å². The van der Waals surface area contributed by atoms with Gasteiger partial charge in [0.1, 0.15) is 0 Å². The Hall–Kier alpha value is -1.26. The van der Waals surface area contributed by atoms with Gasteiger partial charge < -0.3 is 11.5 Å². The molecule has 0 aliphatic rings. The first-order valence-corrected chi connectivity index (χ1v) is 6.50. The van der Waals surface area contributed by atoms with Crippen molar-refractivity contribution in [3.63, 3.8) is 0 Å². The Labute approximate surface area is 105 Å². The van der Waals surface area contributed by atoms with E-state index in [1.54, 1.807) is 7.05 Å². The van der Waals surface area contributed by atoms with E-state index >= 15 is 0 Å². The van der Waals surface area contributed by atoms with Crippen molar-refractivity contribution in [3.05, 3.63) is 0 Å². The highest BCUT2D eigenvalue weighted by molar-refractivity contribution is 5.96. The van der Waals surface area contributed by atoms with Crippen LogP contribution >= 0.6 is 0 Å². The minimum absolute atomic E-state index is 0.297. The second-order valence-corrected chi connectivity index (χ2v) is 4.12. The molecular formula is C12H27N5. The molecule has 0 amide bonds. The molecule has 0 fully saturated rings. The Bertz CT molecular complexity index is 235. The number of hydrogen-bond acceptors (Lipinski definition) is 2. The number of aliphatic imine (C=N–C) groups is 2. The molecule has 0 aliphatic carbocycles. The van der Waals surface area contributed by atoms with Crippen LogP contribution in [0.2, 0.25) is 0 Å². The Morgan fingerprint density at radius 3 is 2.12 bits per heavy atom. The minimum Gasteiger partial charge on any atom is -0.370 e. The highest BCUT2D eigenvalue weighted by Gasteiger charge is 1.93. The maximum atomic E-state index is 5.61. The summed E-state index contributed by atoms with van der Waals surface area (Å²) in [5.74, 6) is 0.643. The van der Waals surface area contributed by atoms with Gasteiger partial charge in [-0.15, -0.1) is 0 Å². The molecule has 0 saturated heterocycles. The topological polar surface area (TPSA) is 88.8 Å². The predicted molar refractivity (Wildman–Crippen MR) is 75.2 cm³/mol. The van der Waals surface area contributed by atoms with Crippen LogP contribution in [0.3, 0.4) is 0 Å². The summed E-state index contributed by atoms with van der Waals surface area (Å²) in [4.78, 5) is 7.91. The van der Waals surface area contributed by atoms with Gasteiger partial charge in [0, 0.05) is 13.6 Å². The van der Waals surface area contributed by atoms with Crippen molar-refractivity contribution in [1.82, 2.24) is 5.32 Å². The maximum Gasteiger partial charge on any atom is 0.195 e. The van der Waals surface area contributed by atoms with Gasteiger partial charge in [-0.05, 0) is 6.42 Å². The van der Waals surface area contributed by atoms with Crippen LogP contribution in [-0.2, 0) is 0 Å². The quantitative estimate of drug-likeness (QED) is 0.342. The average molecular weight is 241 g/mol. The van der Waals surface area contributed by atoms with E-state index in [1.165, 1.54) is 38.5 Å². The molecule has 0 aliphatic heterocycles. The van der Waals surface area contributed by atoms with Crippen LogP contribution in [0.5, 0.6) is 0 Å². The van der Waals surface area contributed by atoms with Crippen molar-refractivity contribution >= 4 is 11.9 Å². The third-order valence-electron chi connectivity index (χ3n) is 2.54. The van der Waals surface area contributed by atoms with E-state index in [9.17, 15) is 0 Å². The lowest BCUT2D eigenvalue weighted by Crippen LogP contribution is -2.41. The molecule has 5 N–H and O–H groups in total. The number of rotatable bonds is 8. The fourth-order valence-electron chi connectivity index (χ4n) is 1.50. The molecule has 0 aromatic carbocycles. The first-order chi connectivity index (χ1) is 8.20. The lowest BCUT2D eigenvalue weighted by Gasteiger charge is -2.03. The molecule has 5 heteroatoms. The van der Waals surface area contributed by atoms with Crippen LogP contribution in [0.4, 0.5) is 0 Å². The summed E-state index contributed by atoms with van der Waals surface area (Å²) in [5, 5.41) is 2.70. The molecule has 0 rings (SSSR count). The lowest BCUT2D eigenvalue weighted by molar-refractivity contribution is 0.593. The highest BCUT2D eigenvalue weighted by Crippen LogP contribution is 2.06. The van der Waals surface area contributed by atoms with Crippen LogP contribution < -0.4 is 16.8 Å². The largest absolute Gasteiger partial charge is 0.370 e. The fraction of sp³-hybridized carbons (Fsp3) is 0.833. The molecule has 0 bridgehead atoms. The van der Waals surface area contributed by atoms with Crippen molar-refractivity contribution in [1.29, 1.82) is 0 Å². The fourth-order valence-corrected chi connectivity index (χ4v) is 1.50. The molecule has 17 heavy (non-hydrogen) atoms. The summed E-state index contributed by atoms with van der Waals surface area (Å²) in [6.45, 7) is 2.99. The van der Waals surface area contributed by atoms with Gasteiger partial charge in [0.15, 0.2) is 11.9 Å². The zero-order valence-corrected chi connectivity index (χ0v) is 11.2. The number of nitrogens with one attached hydrogen (secondary N) is 1. The van der Waals surface area contributed by atoms with Crippen molar-refractivity contribution in [2.24, 2.45) is 21.5 Å². The molecule has 5 nitrogen and oxygen atoms in total. The van der Waals surface area contributed by atoms with Gasteiger partial charge in [-0.3, -0.25) is 15.3 Å². The molecule has 0 radical (unpaired) electrons. The van der Waals surface area contributed by atoms with Crippen LogP contribution in [0.1, 0.15) is 51.9 Å². The van der Waals surface area contributed by atoms with Crippen molar-refractivity contribution in [3.8, 4) is 0 Å². The summed E-state index contributed by atoms with van der Waals surface area (Å²) in [6, 6.07) is 0. The smallest absolute Gasteiger partial charge is 0.195 e. The average Bonchev–Trinajstić information content (AvgIpc) is 2.32. The van der Waals surface area contributed by atoms with E-state index in [0.29, 0.717) is 11.9 Å². The monoisotopic (exact) mass is 241 g/mol. The first-order valence-electron chi connectivity index (χ1n) is 6.50. The highest BCUT2D eigenvalue weighted by atomic mass is 15.2. The molecule has 0 unspecified atom stereocenters. The molecule has 100 valence electrons. The third kappa shape index (κ3) is 11.0. The van der Waals surface area contributed by atoms with Crippen LogP contribution in [0.25, 0.3) is 0 Å². The standard InChI is InChI=1S/C12H27N5/c1-3-4-5-6-7-8-9-10-16-12(14)17-11(13)15-2/h3-10H2,1-2H3,(H5,13,14,15,16,17). The number of hydrogen-bond donors (Lipinski definition) is 3. The summed E-state index contributed by atoms with van der Waals surface area (Å²) in [5.41, 5.74) is 11.1. The normalized spacial score (nSPS) is 12.8. The summed E-state index contributed by atoms with van der Waals surface area (Å²) < 4.78 is 0. The van der Waals surface area contributed by atoms with E-state index in [0.717, 1.165) is 13.0 Å². The van der Waals surface area contributed by atoms with Crippen LogP contribution in [-0.4, -0.2) is 25.5 Å². The van der Waals surface area contributed by atoms with Gasteiger partial charge in [-0.2, -0.15) is 0 Å². The Balaban J connectivity index is 3.40. The first kappa shape index (κ1) is 15.7. The Morgan fingerprint density at radius 2 is 1.53 bits per heavy atom. The lowest BCUT2D eigenvalue weighted by atomic mass is 10.1. The van der Waals surface area contributed by atoms with Gasteiger partial charge >= 0.3 is 0 Å². The Morgan fingerprint density at radius 1 is 0.941 bits per heavy atom. The van der Waals surface area contributed by atoms with E-state index in [2.05, 4.69) is 22.2 Å². The number of nitrogens with two attached hydrogens (primary N) is 2. The zero-order valence-electron chi connectivity index (χ0n) is 11.2. The minimum atomic E-state index is 0.297. The molecular weight excluding hydrogens is 214 g/mol. The number of unbranched alkanes of at least 4 members (excludes halogenated alkanes) is 6. The van der Waals surface area contributed by atoms with Gasteiger partial charge in [0.05, 0.1) is 0 Å². The van der Waals surface area contributed by atoms with E-state index in [4.69, 9.17) is 11.5 Å². The number of guanidine groups is 2. The van der Waals surface area contributed by atoms with Crippen LogP contribution in [0, 0.1) is 0 Å². The van der Waals surface area contributed by atoms with Crippen molar-refractivity contribution in [2.45, 2.75) is 51.9 Å². The summed E-state index contributed by atoms with van der Waals surface area (Å²) in [7, 11) is 1.60. The van der Waals surface area contributed by atoms with Gasteiger partial charge in [-0.25, -0.2) is 0 Å². The van der Waals surface area contributed by atoms with Crippen molar-refractivity contribution in [2.75, 3.05) is 13.6 Å². The van der Waals surface area contributed by atoms with Gasteiger partial charge in [0.2, 0.25) is 0 Å².